The van der Waals surface area contributed by atoms with E-state index in [0.29, 0.717) is 6.42 Å². The highest BCUT2D eigenvalue weighted by atomic mass is 35.5. The lowest BCUT2D eigenvalue weighted by Crippen LogP contribution is -2.37. The second-order valence-corrected chi connectivity index (χ2v) is 5.86. The zero-order chi connectivity index (χ0) is 18.6. The van der Waals surface area contributed by atoms with Crippen molar-refractivity contribution in [1.29, 1.82) is 0 Å². The van der Waals surface area contributed by atoms with Gasteiger partial charge in [-0.05, 0) is 18.6 Å². The van der Waals surface area contributed by atoms with Crippen LogP contribution in [0.5, 0.6) is 0 Å². The molecule has 0 aliphatic heterocycles. The summed E-state index contributed by atoms with van der Waals surface area (Å²) in [5.74, 6) is -1.18. The number of halogens is 2. The maximum Gasteiger partial charge on any atom is 0.272 e. The quantitative estimate of drug-likeness (QED) is 0.569. The van der Waals surface area contributed by atoms with Gasteiger partial charge in [0.05, 0.1) is 26.2 Å². The van der Waals surface area contributed by atoms with Crippen LogP contribution in [0.25, 0.3) is 0 Å². The van der Waals surface area contributed by atoms with E-state index in [1.54, 1.807) is 13.0 Å². The molecule has 0 radical (unpaired) electrons. The van der Waals surface area contributed by atoms with Crippen LogP contribution in [-0.4, -0.2) is 21.7 Å². The molecule has 0 fully saturated rings. The van der Waals surface area contributed by atoms with Gasteiger partial charge in [0, 0.05) is 30.9 Å². The molecule has 0 spiro atoms. The standard InChI is InChI=1S/C16H13Cl2N3O4/c1-2-4-14(22)20(16(23)10-5-3-6-19-9-10)15-12(17)7-11(21(24)25)8-13(15)18/h3,5-9H,2,4H2,1H3. The maximum atomic E-state index is 12.8. The molecule has 0 aliphatic rings. The molecule has 0 aliphatic carbocycles. The van der Waals surface area contributed by atoms with Gasteiger partial charge in [0.25, 0.3) is 11.6 Å². The number of carbonyl (C=O) groups excluding carboxylic acids is 2. The van der Waals surface area contributed by atoms with Crippen molar-refractivity contribution in [2.45, 2.75) is 19.8 Å². The number of nitrogens with zero attached hydrogens (tertiary/aromatic N) is 3. The highest BCUT2D eigenvalue weighted by molar-refractivity contribution is 6.42. The number of hydrogen-bond acceptors (Lipinski definition) is 5. The summed E-state index contributed by atoms with van der Waals surface area (Å²) < 4.78 is 0. The summed E-state index contributed by atoms with van der Waals surface area (Å²) in [7, 11) is 0. The van der Waals surface area contributed by atoms with Crippen LogP contribution >= 0.6 is 23.2 Å². The Morgan fingerprint density at radius 3 is 2.40 bits per heavy atom. The van der Waals surface area contributed by atoms with E-state index >= 15 is 0 Å². The molecule has 0 saturated heterocycles. The van der Waals surface area contributed by atoms with Crippen molar-refractivity contribution < 1.29 is 14.5 Å². The fourth-order valence-corrected chi connectivity index (χ4v) is 2.80. The number of carbonyl (C=O) groups is 2. The minimum atomic E-state index is -0.664. The lowest BCUT2D eigenvalue weighted by Gasteiger charge is -2.23. The van der Waals surface area contributed by atoms with Gasteiger partial charge in [0.15, 0.2) is 0 Å². The second kappa shape index (κ2) is 8.04. The van der Waals surface area contributed by atoms with Crippen molar-refractivity contribution in [3.05, 3.63) is 62.4 Å². The summed E-state index contributed by atoms with van der Waals surface area (Å²) in [6, 6.07) is 5.14. The monoisotopic (exact) mass is 381 g/mol. The van der Waals surface area contributed by atoms with Crippen LogP contribution in [0.1, 0.15) is 30.1 Å². The minimum absolute atomic E-state index is 0.0790. The van der Waals surface area contributed by atoms with E-state index in [1.807, 2.05) is 0 Å². The number of benzene rings is 1. The molecule has 0 unspecified atom stereocenters. The molecule has 2 amide bonds. The Balaban J connectivity index is 2.59. The number of non-ortho nitro benzene ring substituents is 1. The van der Waals surface area contributed by atoms with Gasteiger partial charge in [-0.2, -0.15) is 0 Å². The van der Waals surface area contributed by atoms with Gasteiger partial charge in [0.2, 0.25) is 5.91 Å². The molecular weight excluding hydrogens is 369 g/mol. The van der Waals surface area contributed by atoms with Gasteiger partial charge < -0.3 is 0 Å². The summed E-state index contributed by atoms with van der Waals surface area (Å²) >= 11 is 12.2. The van der Waals surface area contributed by atoms with Crippen molar-refractivity contribution in [3.63, 3.8) is 0 Å². The number of anilines is 1. The van der Waals surface area contributed by atoms with Crippen LogP contribution in [0.4, 0.5) is 11.4 Å². The second-order valence-electron chi connectivity index (χ2n) is 5.04. The average molecular weight is 382 g/mol. The number of pyridine rings is 1. The Kier molecular flexibility index (Phi) is 6.06. The third-order valence-electron chi connectivity index (χ3n) is 3.26. The van der Waals surface area contributed by atoms with Crippen molar-refractivity contribution >= 4 is 46.4 Å². The molecule has 0 saturated carbocycles. The first-order valence-electron chi connectivity index (χ1n) is 7.27. The Morgan fingerprint density at radius 1 is 1.28 bits per heavy atom. The normalized spacial score (nSPS) is 10.4. The smallest absolute Gasteiger partial charge is 0.272 e. The molecule has 130 valence electrons. The summed E-state index contributed by atoms with van der Waals surface area (Å²) in [6.45, 7) is 1.78. The molecule has 0 bridgehead atoms. The summed E-state index contributed by atoms with van der Waals surface area (Å²) in [4.78, 5) is 40.3. The number of amides is 2. The zero-order valence-corrected chi connectivity index (χ0v) is 14.6. The predicted octanol–water partition coefficient (Wildman–Crippen LogP) is 4.27. The Morgan fingerprint density at radius 2 is 1.92 bits per heavy atom. The number of nitro benzene ring substituents is 1. The number of imide groups is 1. The zero-order valence-electron chi connectivity index (χ0n) is 13.1. The summed E-state index contributed by atoms with van der Waals surface area (Å²) in [5, 5.41) is 10.6. The molecule has 1 heterocycles. The van der Waals surface area contributed by atoms with Crippen LogP contribution in [0, 0.1) is 10.1 Å². The van der Waals surface area contributed by atoms with E-state index in [-0.39, 0.29) is 33.4 Å². The highest BCUT2D eigenvalue weighted by Crippen LogP contribution is 2.38. The lowest BCUT2D eigenvalue weighted by molar-refractivity contribution is -0.384. The number of aromatic nitrogens is 1. The van der Waals surface area contributed by atoms with Gasteiger partial charge in [-0.25, -0.2) is 4.90 Å². The largest absolute Gasteiger partial charge is 0.274 e. The molecule has 7 nitrogen and oxygen atoms in total. The summed E-state index contributed by atoms with van der Waals surface area (Å²) in [6.07, 6.45) is 3.37. The van der Waals surface area contributed by atoms with E-state index < -0.39 is 16.7 Å². The Bertz CT molecular complexity index is 804. The Labute approximate surface area is 153 Å². The molecule has 2 rings (SSSR count). The fraction of sp³-hybridized carbons (Fsp3) is 0.188. The molecule has 0 atom stereocenters. The third-order valence-corrected chi connectivity index (χ3v) is 3.84. The van der Waals surface area contributed by atoms with Crippen LogP contribution in [-0.2, 0) is 4.79 Å². The molecule has 1 aromatic carbocycles. The highest BCUT2D eigenvalue weighted by Gasteiger charge is 2.29. The van der Waals surface area contributed by atoms with E-state index in [2.05, 4.69) is 4.98 Å². The molecule has 1 aromatic heterocycles. The lowest BCUT2D eigenvalue weighted by atomic mass is 10.1. The molecule has 25 heavy (non-hydrogen) atoms. The average Bonchev–Trinajstić information content (AvgIpc) is 2.58. The van der Waals surface area contributed by atoms with E-state index in [9.17, 15) is 19.7 Å². The first kappa shape index (κ1) is 18.8. The van der Waals surface area contributed by atoms with Gasteiger partial charge in [-0.1, -0.05) is 30.1 Å². The van der Waals surface area contributed by atoms with E-state index in [0.717, 1.165) is 17.0 Å². The van der Waals surface area contributed by atoms with Crippen LogP contribution in [0.3, 0.4) is 0 Å². The SMILES string of the molecule is CCCC(=O)N(C(=O)c1cccnc1)c1c(Cl)cc([N+](=O)[O-])cc1Cl. The number of nitro groups is 1. The van der Waals surface area contributed by atoms with Crippen molar-refractivity contribution in [3.8, 4) is 0 Å². The van der Waals surface area contributed by atoms with Crippen molar-refractivity contribution in [1.82, 2.24) is 4.98 Å². The maximum absolute atomic E-state index is 12.8. The fourth-order valence-electron chi connectivity index (χ4n) is 2.15. The first-order chi connectivity index (χ1) is 11.9. The topological polar surface area (TPSA) is 93.4 Å². The third kappa shape index (κ3) is 4.12. The molecule has 0 N–H and O–H groups in total. The van der Waals surface area contributed by atoms with Crippen molar-refractivity contribution in [2.24, 2.45) is 0 Å². The van der Waals surface area contributed by atoms with Gasteiger partial charge >= 0.3 is 0 Å². The number of rotatable bonds is 5. The minimum Gasteiger partial charge on any atom is -0.274 e. The van der Waals surface area contributed by atoms with E-state index in [1.165, 1.54) is 18.5 Å². The van der Waals surface area contributed by atoms with Gasteiger partial charge in [0.1, 0.15) is 0 Å². The van der Waals surface area contributed by atoms with Crippen LogP contribution < -0.4 is 4.90 Å². The predicted molar refractivity (Wildman–Crippen MR) is 94.1 cm³/mol. The molecule has 9 heteroatoms. The van der Waals surface area contributed by atoms with Crippen LogP contribution in [0.15, 0.2) is 36.7 Å². The summed E-state index contributed by atoms with van der Waals surface area (Å²) in [5.41, 5.74) is -0.255. The van der Waals surface area contributed by atoms with Gasteiger partial charge in [-0.15, -0.1) is 0 Å². The first-order valence-corrected chi connectivity index (χ1v) is 8.03. The molecule has 2 aromatic rings. The van der Waals surface area contributed by atoms with Crippen molar-refractivity contribution in [2.75, 3.05) is 4.90 Å². The molecular formula is C16H13Cl2N3O4. The van der Waals surface area contributed by atoms with Gasteiger partial charge in [-0.3, -0.25) is 24.7 Å². The number of hydrogen-bond donors (Lipinski definition) is 0. The van der Waals surface area contributed by atoms with E-state index in [4.69, 9.17) is 23.2 Å². The Hall–Kier alpha value is -2.51. The van der Waals surface area contributed by atoms with Crippen LogP contribution in [0.2, 0.25) is 10.0 Å².